The van der Waals surface area contributed by atoms with Gasteiger partial charge in [-0.1, -0.05) is 177 Å². The first kappa shape index (κ1) is 31.8. The van der Waals surface area contributed by atoms with Crippen molar-refractivity contribution in [2.75, 3.05) is 0 Å². The number of hydrogen-bond donors (Lipinski definition) is 1. The maximum atomic E-state index is 13.0. The molecule has 0 aliphatic heterocycles. The molecule has 1 atom stereocenters. The predicted molar refractivity (Wildman–Crippen MR) is 160 cm³/mol. The number of hydrogen-bond acceptors (Lipinski definition) is 2. The number of unbranched alkanes of at least 4 members (excludes halogenated alkanes) is 17. The third-order valence-electron chi connectivity index (χ3n) is 7.76. The van der Waals surface area contributed by atoms with Crippen LogP contribution in [0, 0.1) is 0 Å². The summed E-state index contributed by atoms with van der Waals surface area (Å²) in [5.41, 5.74) is 1.74. The third-order valence-corrected chi connectivity index (χ3v) is 7.76. The molecule has 2 rings (SSSR count). The first-order valence-electron chi connectivity index (χ1n) is 15.6. The minimum atomic E-state index is -0.842. The van der Waals surface area contributed by atoms with Gasteiger partial charge < -0.3 is 5.11 Å². The molecule has 0 heterocycles. The Morgan fingerprint density at radius 3 is 1.47 bits per heavy atom. The van der Waals surface area contributed by atoms with Crippen molar-refractivity contribution in [1.29, 1.82) is 0 Å². The van der Waals surface area contributed by atoms with Crippen LogP contribution < -0.4 is 0 Å². The van der Waals surface area contributed by atoms with Crippen LogP contribution >= 0.6 is 0 Å². The summed E-state index contributed by atoms with van der Waals surface area (Å²) in [6.07, 6.45) is 24.3. The summed E-state index contributed by atoms with van der Waals surface area (Å²) in [5.74, 6) is -1.59. The molecule has 38 heavy (non-hydrogen) atoms. The SMILES string of the molecule is CCCCCCCCCCCCCCCCCCCCC(C(=O)O)c1ccccc1C(=O)c1ccccc1. The molecule has 210 valence electrons. The van der Waals surface area contributed by atoms with Gasteiger partial charge >= 0.3 is 5.97 Å². The molecule has 0 bridgehead atoms. The van der Waals surface area contributed by atoms with Crippen molar-refractivity contribution in [1.82, 2.24) is 0 Å². The van der Waals surface area contributed by atoms with Crippen LogP contribution in [0.5, 0.6) is 0 Å². The summed E-state index contributed by atoms with van der Waals surface area (Å²) < 4.78 is 0. The Morgan fingerprint density at radius 1 is 0.579 bits per heavy atom. The zero-order chi connectivity index (χ0) is 27.3. The van der Waals surface area contributed by atoms with Gasteiger partial charge in [0.1, 0.15) is 0 Å². The highest BCUT2D eigenvalue weighted by atomic mass is 16.4. The molecule has 3 nitrogen and oxygen atoms in total. The maximum Gasteiger partial charge on any atom is 0.310 e. The van der Waals surface area contributed by atoms with Gasteiger partial charge in [0.25, 0.3) is 0 Å². The van der Waals surface area contributed by atoms with E-state index in [1.54, 1.807) is 18.2 Å². The number of carboxylic acid groups (broad SMARTS) is 1. The quantitative estimate of drug-likeness (QED) is 0.117. The summed E-state index contributed by atoms with van der Waals surface area (Å²) in [7, 11) is 0. The summed E-state index contributed by atoms with van der Waals surface area (Å²) in [4.78, 5) is 25.2. The van der Waals surface area contributed by atoms with Gasteiger partial charge in [-0.25, -0.2) is 0 Å². The lowest BCUT2D eigenvalue weighted by atomic mass is 9.87. The Hall–Kier alpha value is -2.42. The second-order valence-corrected chi connectivity index (χ2v) is 11.0. The third kappa shape index (κ3) is 12.9. The first-order valence-corrected chi connectivity index (χ1v) is 15.6. The summed E-state index contributed by atoms with van der Waals surface area (Å²) in [5, 5.41) is 9.94. The van der Waals surface area contributed by atoms with Gasteiger partial charge in [-0.05, 0) is 12.0 Å². The molecule has 0 radical (unpaired) electrons. The van der Waals surface area contributed by atoms with Crippen molar-refractivity contribution in [3.63, 3.8) is 0 Å². The Balaban J connectivity index is 1.56. The van der Waals surface area contributed by atoms with E-state index in [-0.39, 0.29) is 5.78 Å². The lowest BCUT2D eigenvalue weighted by Gasteiger charge is -2.16. The van der Waals surface area contributed by atoms with Crippen LogP contribution in [0.4, 0.5) is 0 Å². The fourth-order valence-electron chi connectivity index (χ4n) is 5.41. The number of carbonyl (C=O) groups excluding carboxylic acids is 1. The van der Waals surface area contributed by atoms with E-state index in [4.69, 9.17) is 0 Å². The number of aliphatic carboxylic acids is 1. The average molecular weight is 521 g/mol. The van der Waals surface area contributed by atoms with Crippen LogP contribution in [0.2, 0.25) is 0 Å². The molecular formula is C35H52O3. The lowest BCUT2D eigenvalue weighted by Crippen LogP contribution is -2.16. The minimum absolute atomic E-state index is 0.106. The van der Waals surface area contributed by atoms with Gasteiger partial charge in [0, 0.05) is 11.1 Å². The van der Waals surface area contributed by atoms with E-state index in [0.717, 1.165) is 19.3 Å². The van der Waals surface area contributed by atoms with Crippen LogP contribution in [0.15, 0.2) is 54.6 Å². The van der Waals surface area contributed by atoms with E-state index < -0.39 is 11.9 Å². The molecule has 0 aliphatic carbocycles. The van der Waals surface area contributed by atoms with Crippen LogP contribution in [0.25, 0.3) is 0 Å². The van der Waals surface area contributed by atoms with Crippen molar-refractivity contribution in [3.05, 3.63) is 71.3 Å². The van der Waals surface area contributed by atoms with Crippen molar-refractivity contribution >= 4 is 11.8 Å². The summed E-state index contributed by atoms with van der Waals surface area (Å²) >= 11 is 0. The van der Waals surface area contributed by atoms with Crippen LogP contribution in [0.3, 0.4) is 0 Å². The van der Waals surface area contributed by atoms with Gasteiger partial charge in [0.2, 0.25) is 0 Å². The van der Waals surface area contributed by atoms with Gasteiger partial charge in [0.15, 0.2) is 5.78 Å². The Labute approximate surface area is 232 Å². The molecule has 0 saturated carbocycles. The van der Waals surface area contributed by atoms with Crippen LogP contribution in [-0.4, -0.2) is 16.9 Å². The van der Waals surface area contributed by atoms with E-state index in [0.29, 0.717) is 23.1 Å². The number of carbonyl (C=O) groups is 2. The zero-order valence-electron chi connectivity index (χ0n) is 24.0. The number of benzene rings is 2. The number of ketones is 1. The monoisotopic (exact) mass is 520 g/mol. The molecule has 0 aromatic heterocycles. The predicted octanol–water partition coefficient (Wildman–Crippen LogP) is 10.5. The Morgan fingerprint density at radius 2 is 1.00 bits per heavy atom. The number of rotatable bonds is 23. The normalized spacial score (nSPS) is 11.9. The van der Waals surface area contributed by atoms with Gasteiger partial charge in [-0.2, -0.15) is 0 Å². The van der Waals surface area contributed by atoms with Crippen molar-refractivity contribution in [2.24, 2.45) is 0 Å². The highest BCUT2D eigenvalue weighted by molar-refractivity contribution is 6.10. The standard InChI is InChI=1S/C35H52O3/c1-2-3-4-5-6-7-8-9-10-11-12-13-14-15-16-17-18-22-29-33(35(37)38)31-27-23-24-28-32(31)34(36)30-25-20-19-21-26-30/h19-21,23-28,33H,2-18,22,29H2,1H3,(H,37,38). The largest absolute Gasteiger partial charge is 0.481 e. The zero-order valence-corrected chi connectivity index (χ0v) is 24.0. The molecule has 2 aromatic carbocycles. The highest BCUT2D eigenvalue weighted by Crippen LogP contribution is 2.28. The van der Waals surface area contributed by atoms with Gasteiger partial charge in [-0.15, -0.1) is 0 Å². The van der Waals surface area contributed by atoms with E-state index in [1.807, 2.05) is 36.4 Å². The fraction of sp³-hybridized carbons (Fsp3) is 0.600. The molecule has 1 unspecified atom stereocenters. The number of carboxylic acids is 1. The summed E-state index contributed by atoms with van der Waals surface area (Å²) in [6, 6.07) is 16.3. The van der Waals surface area contributed by atoms with E-state index in [9.17, 15) is 14.7 Å². The molecule has 0 spiro atoms. The molecule has 0 amide bonds. The molecule has 0 saturated heterocycles. The van der Waals surface area contributed by atoms with Crippen LogP contribution in [0.1, 0.15) is 156 Å². The van der Waals surface area contributed by atoms with E-state index >= 15 is 0 Å². The van der Waals surface area contributed by atoms with Gasteiger partial charge in [0.05, 0.1) is 5.92 Å². The molecule has 1 N–H and O–H groups in total. The smallest absolute Gasteiger partial charge is 0.310 e. The van der Waals surface area contributed by atoms with E-state index in [1.165, 1.54) is 96.3 Å². The van der Waals surface area contributed by atoms with Crippen LogP contribution in [-0.2, 0) is 4.79 Å². The maximum absolute atomic E-state index is 13.0. The molecule has 3 heteroatoms. The summed E-state index contributed by atoms with van der Waals surface area (Å²) in [6.45, 7) is 2.28. The van der Waals surface area contributed by atoms with E-state index in [2.05, 4.69) is 6.92 Å². The second kappa shape index (κ2) is 20.5. The topological polar surface area (TPSA) is 54.4 Å². The second-order valence-electron chi connectivity index (χ2n) is 11.0. The minimum Gasteiger partial charge on any atom is -0.481 e. The lowest BCUT2D eigenvalue weighted by molar-refractivity contribution is -0.139. The van der Waals surface area contributed by atoms with Crippen molar-refractivity contribution < 1.29 is 14.7 Å². The molecular weight excluding hydrogens is 468 g/mol. The first-order chi connectivity index (χ1) is 18.6. The van der Waals surface area contributed by atoms with Gasteiger partial charge in [-0.3, -0.25) is 9.59 Å². The highest BCUT2D eigenvalue weighted by Gasteiger charge is 2.25. The Kier molecular flexibility index (Phi) is 17.2. The Bertz CT molecular complexity index is 889. The van der Waals surface area contributed by atoms with Crippen molar-refractivity contribution in [2.45, 2.75) is 135 Å². The fourth-order valence-corrected chi connectivity index (χ4v) is 5.41. The average Bonchev–Trinajstić information content (AvgIpc) is 2.94. The molecule has 2 aromatic rings. The van der Waals surface area contributed by atoms with Crippen molar-refractivity contribution in [3.8, 4) is 0 Å². The molecule has 0 aliphatic rings. The molecule has 0 fully saturated rings.